The summed E-state index contributed by atoms with van der Waals surface area (Å²) in [4.78, 5) is 14.6. The Hall–Kier alpha value is -1.38. The first-order valence-corrected chi connectivity index (χ1v) is 6.11. The normalized spacial score (nSPS) is 16.2. The average molecular weight is 219 g/mol. The molecule has 0 aliphatic heterocycles. The van der Waals surface area contributed by atoms with Gasteiger partial charge in [-0.1, -0.05) is 31.7 Å². The van der Waals surface area contributed by atoms with Gasteiger partial charge in [0.05, 0.1) is 6.20 Å². The van der Waals surface area contributed by atoms with Crippen molar-refractivity contribution in [3.63, 3.8) is 0 Å². The van der Waals surface area contributed by atoms with Gasteiger partial charge < -0.3 is 0 Å². The maximum Gasteiger partial charge on any atom is 0.307 e. The summed E-state index contributed by atoms with van der Waals surface area (Å²) in [5, 5.41) is 2.87. The third-order valence-electron chi connectivity index (χ3n) is 3.24. The van der Waals surface area contributed by atoms with E-state index in [2.05, 4.69) is 10.3 Å². The number of hydrogen-bond donors (Lipinski definition) is 1. The molecule has 0 atom stereocenters. The maximum absolute atomic E-state index is 11.6. The molecular weight excluding hydrogens is 200 g/mol. The van der Waals surface area contributed by atoms with E-state index in [0.29, 0.717) is 6.42 Å². The number of pyridine rings is 1. The van der Waals surface area contributed by atoms with Crippen LogP contribution in [0.1, 0.15) is 38.5 Å². The van der Waals surface area contributed by atoms with Gasteiger partial charge in [0.1, 0.15) is 0 Å². The summed E-state index contributed by atoms with van der Waals surface area (Å²) in [7, 11) is 0. The molecule has 16 heavy (non-hydrogen) atoms. The van der Waals surface area contributed by atoms with Crippen LogP contribution in [0, 0.1) is 5.92 Å². The Bertz CT molecular complexity index is 331. The quantitative estimate of drug-likeness (QED) is 0.830. The maximum atomic E-state index is 11.6. The van der Waals surface area contributed by atoms with Crippen molar-refractivity contribution in [2.24, 2.45) is 5.92 Å². The van der Waals surface area contributed by atoms with Gasteiger partial charge in [0, 0.05) is 12.5 Å². The highest BCUT2D eigenvalue weighted by Gasteiger charge is 2.17. The van der Waals surface area contributed by atoms with Gasteiger partial charge >= 0.3 is 5.91 Å². The standard InChI is InChI=1S/C13H18N2O/c16-13(9-8-11-5-1-2-6-11)15-12-7-3-4-10-14-12/h3-4,7,10-11H,1-2,5-6,8-9H2,(H,14,15,16)/p+1. The number of nitrogens with one attached hydrogen (secondary N) is 2. The number of hydrogen-bond acceptors (Lipinski definition) is 1. The topological polar surface area (TPSA) is 43.2 Å². The minimum atomic E-state index is 0.120. The van der Waals surface area contributed by atoms with Crippen molar-refractivity contribution in [3.8, 4) is 0 Å². The third-order valence-corrected chi connectivity index (χ3v) is 3.24. The molecule has 1 aromatic rings. The lowest BCUT2D eigenvalue weighted by Crippen LogP contribution is -2.19. The van der Waals surface area contributed by atoms with E-state index in [-0.39, 0.29) is 5.91 Å². The highest BCUT2D eigenvalue weighted by molar-refractivity contribution is 5.88. The van der Waals surface area contributed by atoms with Gasteiger partial charge in [-0.05, 0) is 18.4 Å². The smallest absolute Gasteiger partial charge is 0.247 e. The van der Waals surface area contributed by atoms with Crippen LogP contribution >= 0.6 is 0 Å². The molecule has 0 spiro atoms. The summed E-state index contributed by atoms with van der Waals surface area (Å²) in [6.07, 6.45) is 8.81. The fraction of sp³-hybridized carbons (Fsp3) is 0.538. The fourth-order valence-electron chi connectivity index (χ4n) is 2.32. The number of carbonyl (C=O) groups excluding carboxylic acids is 1. The second-order valence-electron chi connectivity index (χ2n) is 4.51. The van der Waals surface area contributed by atoms with E-state index in [4.69, 9.17) is 0 Å². The molecule has 2 N–H and O–H groups in total. The molecule has 1 amide bonds. The Morgan fingerprint density at radius 3 is 2.88 bits per heavy atom. The molecule has 0 bridgehead atoms. The van der Waals surface area contributed by atoms with E-state index in [1.54, 1.807) is 0 Å². The zero-order valence-corrected chi connectivity index (χ0v) is 9.54. The van der Waals surface area contributed by atoms with Gasteiger partial charge in [-0.3, -0.25) is 0 Å². The minimum absolute atomic E-state index is 0.120. The van der Waals surface area contributed by atoms with Crippen LogP contribution in [0.2, 0.25) is 0 Å². The van der Waals surface area contributed by atoms with Gasteiger partial charge in [-0.15, -0.1) is 0 Å². The first-order chi connectivity index (χ1) is 7.84. The molecule has 1 aliphatic carbocycles. The van der Waals surface area contributed by atoms with E-state index in [1.165, 1.54) is 25.7 Å². The number of rotatable bonds is 4. The minimum Gasteiger partial charge on any atom is -0.247 e. The summed E-state index contributed by atoms with van der Waals surface area (Å²) in [5.74, 6) is 1.68. The molecule has 3 heteroatoms. The molecule has 1 aromatic heterocycles. The Balaban J connectivity index is 1.72. The lowest BCUT2D eigenvalue weighted by Gasteiger charge is -2.05. The monoisotopic (exact) mass is 219 g/mol. The molecule has 0 aromatic carbocycles. The molecule has 1 heterocycles. The van der Waals surface area contributed by atoms with Gasteiger partial charge in [0.25, 0.3) is 5.82 Å². The van der Waals surface area contributed by atoms with E-state index < -0.39 is 0 Å². The predicted octanol–water partition coefficient (Wildman–Crippen LogP) is 2.41. The highest BCUT2D eigenvalue weighted by Crippen LogP contribution is 2.28. The van der Waals surface area contributed by atoms with Crippen LogP contribution in [0.3, 0.4) is 0 Å². The van der Waals surface area contributed by atoms with Crippen LogP contribution in [-0.2, 0) is 4.79 Å². The highest BCUT2D eigenvalue weighted by atomic mass is 16.1. The van der Waals surface area contributed by atoms with Crippen molar-refractivity contribution in [1.29, 1.82) is 0 Å². The van der Waals surface area contributed by atoms with Gasteiger partial charge in [0.2, 0.25) is 0 Å². The second kappa shape index (κ2) is 5.64. The number of H-pyrrole nitrogens is 1. The molecule has 1 aliphatic rings. The zero-order chi connectivity index (χ0) is 11.2. The molecule has 1 fully saturated rings. The van der Waals surface area contributed by atoms with E-state index >= 15 is 0 Å². The van der Waals surface area contributed by atoms with Crippen LogP contribution < -0.4 is 10.3 Å². The van der Waals surface area contributed by atoms with E-state index in [9.17, 15) is 4.79 Å². The molecule has 0 radical (unpaired) electrons. The first-order valence-electron chi connectivity index (χ1n) is 6.11. The number of carbonyl (C=O) groups is 1. The SMILES string of the molecule is O=C(CCC1CCCC1)Nc1cccc[nH+]1. The van der Waals surface area contributed by atoms with Crippen molar-refractivity contribution in [2.45, 2.75) is 38.5 Å². The molecule has 0 saturated heterocycles. The van der Waals surface area contributed by atoms with Gasteiger partial charge in [0.15, 0.2) is 0 Å². The van der Waals surface area contributed by atoms with E-state index in [0.717, 1.165) is 18.2 Å². The average Bonchev–Trinajstić information content (AvgIpc) is 2.81. The number of aromatic nitrogens is 1. The van der Waals surface area contributed by atoms with Crippen molar-refractivity contribution < 1.29 is 9.78 Å². The molecule has 2 rings (SSSR count). The van der Waals surface area contributed by atoms with Crippen LogP contribution in [0.15, 0.2) is 24.4 Å². The Morgan fingerprint density at radius 1 is 1.38 bits per heavy atom. The predicted molar refractivity (Wildman–Crippen MR) is 62.8 cm³/mol. The van der Waals surface area contributed by atoms with Crippen molar-refractivity contribution in [2.75, 3.05) is 5.32 Å². The van der Waals surface area contributed by atoms with Gasteiger partial charge in [-0.2, -0.15) is 0 Å². The third kappa shape index (κ3) is 3.33. The number of aromatic amines is 1. The summed E-state index contributed by atoms with van der Waals surface area (Å²) in [5.41, 5.74) is 0. The van der Waals surface area contributed by atoms with Crippen LogP contribution in [0.25, 0.3) is 0 Å². The van der Waals surface area contributed by atoms with Gasteiger partial charge in [-0.25, -0.2) is 15.1 Å². The van der Waals surface area contributed by atoms with E-state index in [1.807, 2.05) is 24.4 Å². The lowest BCUT2D eigenvalue weighted by molar-refractivity contribution is -0.360. The fourth-order valence-corrected chi connectivity index (χ4v) is 2.32. The zero-order valence-electron chi connectivity index (χ0n) is 9.54. The first kappa shape index (κ1) is 11.1. The number of amides is 1. The van der Waals surface area contributed by atoms with Crippen molar-refractivity contribution >= 4 is 11.7 Å². The summed E-state index contributed by atoms with van der Waals surface area (Å²) in [6, 6.07) is 5.67. The summed E-state index contributed by atoms with van der Waals surface area (Å²) < 4.78 is 0. The largest absolute Gasteiger partial charge is 0.307 e. The van der Waals surface area contributed by atoms with Crippen LogP contribution in [0.5, 0.6) is 0 Å². The molecule has 3 nitrogen and oxygen atoms in total. The Morgan fingerprint density at radius 2 is 2.19 bits per heavy atom. The van der Waals surface area contributed by atoms with Crippen molar-refractivity contribution in [1.82, 2.24) is 0 Å². The summed E-state index contributed by atoms with van der Waals surface area (Å²) in [6.45, 7) is 0. The molecule has 86 valence electrons. The molecule has 1 saturated carbocycles. The Labute approximate surface area is 96.3 Å². The van der Waals surface area contributed by atoms with Crippen LogP contribution in [-0.4, -0.2) is 5.91 Å². The van der Waals surface area contributed by atoms with Crippen molar-refractivity contribution in [3.05, 3.63) is 24.4 Å². The molecular formula is C13H19N2O+. The lowest BCUT2D eigenvalue weighted by atomic mass is 10.0. The van der Waals surface area contributed by atoms with Crippen LogP contribution in [0.4, 0.5) is 5.82 Å². The second-order valence-corrected chi connectivity index (χ2v) is 4.51. The summed E-state index contributed by atoms with van der Waals surface area (Å²) >= 11 is 0. The number of anilines is 1. The molecule has 0 unspecified atom stereocenters. The Kier molecular flexibility index (Phi) is 3.91.